The molecular formula is C62H80N2O9. The lowest BCUT2D eigenvalue weighted by Gasteiger charge is -2.60. The van der Waals surface area contributed by atoms with Gasteiger partial charge in [-0.15, -0.1) is 6.58 Å². The number of allylic oxidation sites excluding steroid dienone is 1. The molecule has 0 radical (unpaired) electrons. The molecule has 1 saturated carbocycles. The highest BCUT2D eigenvalue weighted by Gasteiger charge is 2.65. The van der Waals surface area contributed by atoms with Crippen molar-refractivity contribution in [3.05, 3.63) is 126 Å². The summed E-state index contributed by atoms with van der Waals surface area (Å²) in [5.74, 6) is -0.208. The predicted octanol–water partition coefficient (Wildman–Crippen LogP) is 13.6. The Balaban J connectivity index is 1.29. The highest BCUT2D eigenvalue weighted by atomic mass is 16.8. The van der Waals surface area contributed by atoms with E-state index in [9.17, 15) is 15.0 Å². The van der Waals surface area contributed by atoms with Gasteiger partial charge in [0.2, 0.25) is 18.0 Å². The number of benzene rings is 4. The van der Waals surface area contributed by atoms with Crippen molar-refractivity contribution in [2.45, 2.75) is 166 Å². The number of ether oxygens (including phenoxy) is 4. The number of fused-ring (bicyclic) bond motifs is 3. The Labute approximate surface area is 434 Å². The molecule has 2 fully saturated rings. The van der Waals surface area contributed by atoms with Gasteiger partial charge in [-0.1, -0.05) is 143 Å². The van der Waals surface area contributed by atoms with Crippen molar-refractivity contribution in [2.24, 2.45) is 22.9 Å². The number of oxime groups is 1. The second-order valence-electron chi connectivity index (χ2n) is 20.7. The van der Waals surface area contributed by atoms with Crippen LogP contribution in [0.1, 0.15) is 163 Å². The fourth-order valence-electron chi connectivity index (χ4n) is 12.1. The monoisotopic (exact) mass is 997 g/mol. The van der Waals surface area contributed by atoms with Crippen LogP contribution >= 0.6 is 0 Å². The Kier molecular flexibility index (Phi) is 20.2. The first kappa shape index (κ1) is 53.9. The van der Waals surface area contributed by atoms with Gasteiger partial charge in [-0.25, -0.2) is 0 Å². The number of carbonyl (C=O) groups is 2. The van der Waals surface area contributed by atoms with Gasteiger partial charge >= 0.3 is 0 Å². The van der Waals surface area contributed by atoms with Gasteiger partial charge in [0.25, 0.3) is 0 Å². The van der Waals surface area contributed by atoms with Crippen LogP contribution in [0, 0.1) is 17.8 Å². The van der Waals surface area contributed by atoms with Gasteiger partial charge in [-0.05, 0) is 109 Å². The molecular weight excluding hydrogens is 917 g/mol. The molecule has 392 valence electrons. The third kappa shape index (κ3) is 13.3. The lowest BCUT2D eigenvalue weighted by Crippen LogP contribution is -2.70. The van der Waals surface area contributed by atoms with E-state index in [0.29, 0.717) is 61.6 Å². The molecule has 0 bridgehead atoms. The Hall–Kier alpha value is -5.33. The first-order chi connectivity index (χ1) is 35.9. The molecule has 4 aromatic carbocycles. The normalized spacial score (nSPS) is 23.7. The van der Waals surface area contributed by atoms with Crippen molar-refractivity contribution >= 4 is 28.7 Å². The number of amides is 1. The summed E-state index contributed by atoms with van der Waals surface area (Å²) in [5, 5.41) is 27.5. The molecule has 2 aliphatic heterocycles. The Morgan fingerprint density at radius 2 is 1.60 bits per heavy atom. The van der Waals surface area contributed by atoms with Gasteiger partial charge in [-0.3, -0.25) is 9.59 Å². The van der Waals surface area contributed by atoms with Crippen molar-refractivity contribution in [3.63, 3.8) is 0 Å². The summed E-state index contributed by atoms with van der Waals surface area (Å²) in [6, 6.07) is 27.1. The van der Waals surface area contributed by atoms with E-state index < -0.39 is 24.0 Å². The summed E-state index contributed by atoms with van der Waals surface area (Å²) in [7, 11) is 0. The van der Waals surface area contributed by atoms with Gasteiger partial charge in [0.1, 0.15) is 29.6 Å². The molecule has 7 unspecified atom stereocenters. The average Bonchev–Trinajstić information content (AvgIpc) is 3.42. The largest absolute Gasteiger partial charge is 0.459 e. The maximum atomic E-state index is 15.6. The topological polar surface area (TPSA) is 136 Å². The number of aldehydes is 1. The van der Waals surface area contributed by atoms with E-state index in [1.54, 1.807) is 18.2 Å². The SMILES string of the molecule is C=CCOC12Oc3ccc(Oc4cccc(C=O)c4)cc3C3C(CCCCO)C(CCCCO)C=C(C(=NOC4CCCCO4)CC1N(Cc1cccc4ccccc14)C(=O)CCCCCCCCCCC)C32. The minimum Gasteiger partial charge on any atom is -0.459 e. The quantitative estimate of drug-likeness (QED) is 0.0236. The summed E-state index contributed by atoms with van der Waals surface area (Å²) >= 11 is 0. The van der Waals surface area contributed by atoms with Crippen molar-refractivity contribution in [1.82, 2.24) is 4.90 Å². The van der Waals surface area contributed by atoms with E-state index in [1.807, 2.05) is 35.2 Å². The van der Waals surface area contributed by atoms with Crippen LogP contribution in [0.4, 0.5) is 0 Å². The summed E-state index contributed by atoms with van der Waals surface area (Å²) in [6.07, 6.45) is 22.7. The molecule has 73 heavy (non-hydrogen) atoms. The van der Waals surface area contributed by atoms with Gasteiger partial charge in [-0.2, -0.15) is 0 Å². The number of hydrogen-bond donors (Lipinski definition) is 2. The number of aliphatic hydroxyl groups is 2. The second kappa shape index (κ2) is 27.3. The van der Waals surface area contributed by atoms with Gasteiger partial charge in [0.05, 0.1) is 24.8 Å². The van der Waals surface area contributed by atoms with Crippen LogP contribution in [0.15, 0.2) is 114 Å². The Bertz CT molecular complexity index is 2480. The van der Waals surface area contributed by atoms with Crippen LogP contribution in [-0.2, 0) is 25.7 Å². The first-order valence-electron chi connectivity index (χ1n) is 27.8. The number of rotatable bonds is 29. The minimum absolute atomic E-state index is 0.0359. The van der Waals surface area contributed by atoms with Crippen molar-refractivity contribution in [2.75, 3.05) is 26.4 Å². The highest BCUT2D eigenvalue weighted by Crippen LogP contribution is 2.62. The van der Waals surface area contributed by atoms with Gasteiger partial charge in [0, 0.05) is 56.1 Å². The van der Waals surface area contributed by atoms with Gasteiger partial charge in [0.15, 0.2) is 0 Å². The lowest BCUT2D eigenvalue weighted by atomic mass is 9.55. The molecule has 2 heterocycles. The number of aliphatic hydroxyl groups excluding tert-OH is 2. The summed E-state index contributed by atoms with van der Waals surface area (Å²) in [5.41, 5.74) is 4.22. The molecule has 0 aromatic heterocycles. The average molecular weight is 997 g/mol. The molecule has 2 aliphatic carbocycles. The molecule has 1 saturated heterocycles. The molecule has 4 aromatic rings. The second-order valence-corrected chi connectivity index (χ2v) is 20.7. The van der Waals surface area contributed by atoms with Crippen LogP contribution in [0.5, 0.6) is 17.2 Å². The molecule has 7 atom stereocenters. The van der Waals surface area contributed by atoms with Gasteiger partial charge < -0.3 is 38.9 Å². The summed E-state index contributed by atoms with van der Waals surface area (Å²) < 4.78 is 27.6. The number of nitrogens with zero attached hydrogens (tertiary/aromatic N) is 2. The van der Waals surface area contributed by atoms with E-state index in [-0.39, 0.29) is 43.5 Å². The maximum absolute atomic E-state index is 15.6. The zero-order valence-electron chi connectivity index (χ0n) is 43.3. The first-order valence-corrected chi connectivity index (χ1v) is 27.8. The molecule has 1 amide bonds. The zero-order chi connectivity index (χ0) is 50.8. The summed E-state index contributed by atoms with van der Waals surface area (Å²) in [6.45, 7) is 7.69. The smallest absolute Gasteiger partial charge is 0.239 e. The van der Waals surface area contributed by atoms with Crippen molar-refractivity contribution < 1.29 is 43.6 Å². The highest BCUT2D eigenvalue weighted by molar-refractivity contribution is 6.03. The standard InChI is InChI=1S/C62H80N2O9/c1-3-5-6-7-8-9-10-11-12-31-58(68)64(43-48-27-22-26-46-24-13-14-29-51(46)48)57-42-55(63-73-59-32-17-20-38-69-59)53-40-47(25-15-18-35-65)52(30-16-19-36-66)60-54-41-50(71-49-28-21-23-45(39-49)44-67)33-34-56(54)72-62(57,61(53)60)70-37-4-2/h4,13-14,21-24,26-29,33-34,39-41,44,47,52,57,59-61,65-66H,2-3,5-12,15-20,25,30-32,35-38,42-43H2,1H3. The van der Waals surface area contributed by atoms with Crippen LogP contribution in [0.25, 0.3) is 10.8 Å². The van der Waals surface area contributed by atoms with E-state index >= 15 is 4.79 Å². The van der Waals surface area contributed by atoms with Crippen molar-refractivity contribution in [1.29, 1.82) is 0 Å². The molecule has 4 aliphatic rings. The third-order valence-electron chi connectivity index (χ3n) is 15.7. The van der Waals surface area contributed by atoms with Crippen molar-refractivity contribution in [3.8, 4) is 17.2 Å². The Morgan fingerprint density at radius 1 is 0.849 bits per heavy atom. The van der Waals surface area contributed by atoms with Crippen LogP contribution in [0.3, 0.4) is 0 Å². The molecule has 8 rings (SSSR count). The fourth-order valence-corrected chi connectivity index (χ4v) is 12.1. The van der Waals surface area contributed by atoms with E-state index in [1.165, 1.54) is 38.5 Å². The number of unbranched alkanes of at least 4 members (excludes halogenated alkanes) is 10. The van der Waals surface area contributed by atoms with E-state index in [0.717, 1.165) is 104 Å². The lowest BCUT2D eigenvalue weighted by molar-refractivity contribution is -0.258. The summed E-state index contributed by atoms with van der Waals surface area (Å²) in [4.78, 5) is 35.9. The zero-order valence-corrected chi connectivity index (χ0v) is 43.3. The maximum Gasteiger partial charge on any atom is 0.239 e. The van der Waals surface area contributed by atoms with E-state index in [2.05, 4.69) is 62.0 Å². The van der Waals surface area contributed by atoms with Crippen LogP contribution in [0.2, 0.25) is 0 Å². The molecule has 11 heteroatoms. The van der Waals surface area contributed by atoms with Crippen LogP contribution < -0.4 is 9.47 Å². The minimum atomic E-state index is -1.41. The number of hydrogen-bond acceptors (Lipinski definition) is 10. The van der Waals surface area contributed by atoms with E-state index in [4.69, 9.17) is 28.9 Å². The Morgan fingerprint density at radius 3 is 2.37 bits per heavy atom. The predicted molar refractivity (Wildman–Crippen MR) is 288 cm³/mol. The molecule has 2 N–H and O–H groups in total. The number of carbonyl (C=O) groups excluding carboxylic acids is 2. The van der Waals surface area contributed by atoms with Crippen LogP contribution in [-0.4, -0.2) is 77.6 Å². The molecule has 11 nitrogen and oxygen atoms in total. The fraction of sp³-hybridized carbons (Fsp3) is 0.532. The third-order valence-corrected chi connectivity index (χ3v) is 15.7. The molecule has 0 spiro atoms.